The maximum absolute atomic E-state index is 3.50. The van der Waals surface area contributed by atoms with Crippen molar-refractivity contribution in [3.63, 3.8) is 0 Å². The van der Waals surface area contributed by atoms with E-state index in [0.29, 0.717) is 0 Å². The average Bonchev–Trinajstić information content (AvgIpc) is 1.82. The second-order valence-electron chi connectivity index (χ2n) is 3.06. The van der Waals surface area contributed by atoms with E-state index in [1.807, 2.05) is 0 Å². The topological polar surface area (TPSA) is 0 Å². The average molecular weight is 193 g/mol. The number of hydrogen-bond acceptors (Lipinski definition) is 0. The lowest BCUT2D eigenvalue weighted by molar-refractivity contribution is 0.437. The predicted octanol–water partition coefficient (Wildman–Crippen LogP) is 3.45. The minimum Gasteiger partial charge on any atom is -0.0925 e. The summed E-state index contributed by atoms with van der Waals surface area (Å²) in [7, 11) is 0. The summed E-state index contributed by atoms with van der Waals surface area (Å²) in [6.07, 6.45) is 2.67. The lowest BCUT2D eigenvalue weighted by Gasteiger charge is -2.12. The van der Waals surface area contributed by atoms with Crippen LogP contribution in [0.15, 0.2) is 0 Å². The van der Waals surface area contributed by atoms with Gasteiger partial charge in [0.1, 0.15) is 0 Å². The van der Waals surface area contributed by atoms with Crippen LogP contribution in [0, 0.1) is 11.8 Å². The van der Waals surface area contributed by atoms with Crippen molar-refractivity contribution in [3.05, 3.63) is 0 Å². The molecule has 0 rings (SSSR count). The first-order valence-corrected chi connectivity index (χ1v) is 4.88. The van der Waals surface area contributed by atoms with E-state index in [1.165, 1.54) is 18.2 Å². The number of halogens is 1. The highest BCUT2D eigenvalue weighted by molar-refractivity contribution is 9.09. The summed E-state index contributed by atoms with van der Waals surface area (Å²) in [5.74, 6) is 1.75. The first-order valence-electron chi connectivity index (χ1n) is 3.76. The van der Waals surface area contributed by atoms with Crippen LogP contribution in [0.1, 0.15) is 33.6 Å². The molecule has 0 bridgehead atoms. The molecule has 0 N–H and O–H groups in total. The molecule has 0 radical (unpaired) electrons. The Morgan fingerprint density at radius 2 is 1.89 bits per heavy atom. The van der Waals surface area contributed by atoms with Crippen LogP contribution >= 0.6 is 15.9 Å². The van der Waals surface area contributed by atoms with Gasteiger partial charge in [-0.2, -0.15) is 0 Å². The first-order chi connectivity index (χ1) is 4.20. The molecule has 0 heterocycles. The Kier molecular flexibility index (Phi) is 5.56. The summed E-state index contributed by atoms with van der Waals surface area (Å²) in [6.45, 7) is 6.82. The molecule has 0 nitrogen and oxygen atoms in total. The van der Waals surface area contributed by atoms with E-state index in [-0.39, 0.29) is 0 Å². The summed E-state index contributed by atoms with van der Waals surface area (Å²) in [5.41, 5.74) is 0. The molecule has 0 spiro atoms. The molecule has 0 aromatic heterocycles. The zero-order valence-corrected chi connectivity index (χ0v) is 8.24. The van der Waals surface area contributed by atoms with E-state index in [9.17, 15) is 0 Å². The van der Waals surface area contributed by atoms with Gasteiger partial charge < -0.3 is 0 Å². The van der Waals surface area contributed by atoms with Gasteiger partial charge in [-0.3, -0.25) is 0 Å². The number of alkyl halides is 1. The van der Waals surface area contributed by atoms with Crippen LogP contribution in [0.25, 0.3) is 0 Å². The maximum atomic E-state index is 3.50. The number of hydrogen-bond donors (Lipinski definition) is 0. The highest BCUT2D eigenvalue weighted by atomic mass is 79.9. The van der Waals surface area contributed by atoms with Crippen molar-refractivity contribution in [2.45, 2.75) is 33.6 Å². The second-order valence-corrected chi connectivity index (χ2v) is 3.71. The van der Waals surface area contributed by atoms with Gasteiger partial charge in [-0.05, 0) is 18.3 Å². The van der Waals surface area contributed by atoms with E-state index in [2.05, 4.69) is 36.7 Å². The van der Waals surface area contributed by atoms with Gasteiger partial charge in [0.2, 0.25) is 0 Å². The largest absolute Gasteiger partial charge is 0.0925 e. The van der Waals surface area contributed by atoms with Crippen LogP contribution in [-0.4, -0.2) is 5.33 Å². The molecule has 0 aliphatic heterocycles. The third-order valence-electron chi connectivity index (χ3n) is 1.60. The van der Waals surface area contributed by atoms with E-state index in [1.54, 1.807) is 0 Å². The van der Waals surface area contributed by atoms with Crippen molar-refractivity contribution in [1.29, 1.82) is 0 Å². The van der Waals surface area contributed by atoms with Crippen LogP contribution in [0.4, 0.5) is 0 Å². The molecule has 0 aromatic rings. The normalized spacial score (nSPS) is 14.3. The lowest BCUT2D eigenvalue weighted by atomic mass is 9.97. The molecule has 0 aromatic carbocycles. The zero-order chi connectivity index (χ0) is 7.28. The third-order valence-corrected chi connectivity index (χ3v) is 2.52. The van der Waals surface area contributed by atoms with E-state index >= 15 is 0 Å². The minimum absolute atomic E-state index is 0.854. The third kappa shape index (κ3) is 4.95. The monoisotopic (exact) mass is 192 g/mol. The van der Waals surface area contributed by atoms with Crippen molar-refractivity contribution in [3.8, 4) is 0 Å². The van der Waals surface area contributed by atoms with Crippen LogP contribution in [-0.2, 0) is 0 Å². The predicted molar refractivity (Wildman–Crippen MR) is 47.0 cm³/mol. The Labute approximate surface area is 67.2 Å². The molecule has 0 saturated heterocycles. The molecule has 56 valence electrons. The molecule has 0 aliphatic carbocycles. The van der Waals surface area contributed by atoms with Crippen LogP contribution in [0.2, 0.25) is 0 Å². The standard InChI is InChI=1S/C8H17Br/c1-4-8(6-9)5-7(2)3/h7-8H,4-6H2,1-3H3. The minimum atomic E-state index is 0.854. The highest BCUT2D eigenvalue weighted by Gasteiger charge is 2.05. The molecule has 1 atom stereocenters. The fourth-order valence-electron chi connectivity index (χ4n) is 1.01. The maximum Gasteiger partial charge on any atom is 0.00596 e. The van der Waals surface area contributed by atoms with Gasteiger partial charge in [0, 0.05) is 5.33 Å². The van der Waals surface area contributed by atoms with Crippen molar-refractivity contribution < 1.29 is 0 Å². The van der Waals surface area contributed by atoms with Gasteiger partial charge in [-0.25, -0.2) is 0 Å². The summed E-state index contributed by atoms with van der Waals surface area (Å²) < 4.78 is 0. The molecule has 0 saturated carbocycles. The van der Waals surface area contributed by atoms with E-state index < -0.39 is 0 Å². The van der Waals surface area contributed by atoms with Crippen molar-refractivity contribution in [1.82, 2.24) is 0 Å². The summed E-state index contributed by atoms with van der Waals surface area (Å²) in [4.78, 5) is 0. The Bertz CT molecular complexity index is 55.6. The molecule has 0 fully saturated rings. The highest BCUT2D eigenvalue weighted by Crippen LogP contribution is 2.16. The summed E-state index contributed by atoms with van der Waals surface area (Å²) in [5, 5.41) is 1.17. The molecule has 1 heteroatoms. The van der Waals surface area contributed by atoms with Crippen LogP contribution in [0.5, 0.6) is 0 Å². The van der Waals surface area contributed by atoms with Crippen molar-refractivity contribution in [2.24, 2.45) is 11.8 Å². The van der Waals surface area contributed by atoms with Gasteiger partial charge in [0.25, 0.3) is 0 Å². The molecular formula is C8H17Br. The second kappa shape index (κ2) is 5.28. The van der Waals surface area contributed by atoms with Crippen molar-refractivity contribution >= 4 is 15.9 Å². The Morgan fingerprint density at radius 1 is 1.33 bits per heavy atom. The molecule has 0 aliphatic rings. The van der Waals surface area contributed by atoms with Gasteiger partial charge in [0.05, 0.1) is 0 Å². The number of rotatable bonds is 4. The Hall–Kier alpha value is 0.480. The Morgan fingerprint density at radius 3 is 2.00 bits per heavy atom. The fourth-order valence-corrected chi connectivity index (χ4v) is 1.73. The summed E-state index contributed by atoms with van der Waals surface area (Å²) >= 11 is 3.50. The first kappa shape index (κ1) is 9.48. The van der Waals surface area contributed by atoms with E-state index in [0.717, 1.165) is 11.8 Å². The lowest BCUT2D eigenvalue weighted by Crippen LogP contribution is -2.03. The molecule has 0 amide bonds. The molecule has 9 heavy (non-hydrogen) atoms. The molecule has 1 unspecified atom stereocenters. The SMILES string of the molecule is CCC(CBr)CC(C)C. The van der Waals surface area contributed by atoms with Gasteiger partial charge in [-0.15, -0.1) is 0 Å². The Balaban J connectivity index is 3.31. The van der Waals surface area contributed by atoms with Gasteiger partial charge >= 0.3 is 0 Å². The van der Waals surface area contributed by atoms with Gasteiger partial charge in [0.15, 0.2) is 0 Å². The fraction of sp³-hybridized carbons (Fsp3) is 1.00. The van der Waals surface area contributed by atoms with Crippen LogP contribution < -0.4 is 0 Å². The van der Waals surface area contributed by atoms with E-state index in [4.69, 9.17) is 0 Å². The molecular weight excluding hydrogens is 176 g/mol. The van der Waals surface area contributed by atoms with Gasteiger partial charge in [-0.1, -0.05) is 43.1 Å². The smallest absolute Gasteiger partial charge is 0.00596 e. The quantitative estimate of drug-likeness (QED) is 0.600. The zero-order valence-electron chi connectivity index (χ0n) is 6.65. The summed E-state index contributed by atoms with van der Waals surface area (Å²) in [6, 6.07) is 0. The van der Waals surface area contributed by atoms with Crippen LogP contribution in [0.3, 0.4) is 0 Å². The van der Waals surface area contributed by atoms with Crippen molar-refractivity contribution in [2.75, 3.05) is 5.33 Å².